The van der Waals surface area contributed by atoms with Gasteiger partial charge in [-0.2, -0.15) is 22.2 Å². The number of methoxy groups -OCH3 is 2. The maximum Gasteiger partial charge on any atom is 0.285 e. The molecule has 0 spiro atoms. The molecule has 0 bridgehead atoms. The Morgan fingerprint density at radius 1 is 1.17 bits per heavy atom. The third-order valence-corrected chi connectivity index (χ3v) is 5.61. The maximum absolute atomic E-state index is 12.5. The van der Waals surface area contributed by atoms with E-state index in [1.54, 1.807) is 31.2 Å². The number of aromatic nitrogens is 3. The van der Waals surface area contributed by atoms with Gasteiger partial charge in [-0.1, -0.05) is 18.2 Å². The monoisotopic (exact) mass is 366 g/mol. The van der Waals surface area contributed by atoms with Gasteiger partial charge >= 0.3 is 0 Å². The number of fused-ring (bicyclic) bond motifs is 1. The predicted molar refractivity (Wildman–Crippen MR) is 87.9 cm³/mol. The fourth-order valence-electron chi connectivity index (χ4n) is 2.06. The number of benzene rings is 1. The minimum atomic E-state index is -3.87. The van der Waals surface area contributed by atoms with Crippen molar-refractivity contribution in [1.82, 2.24) is 13.8 Å². The van der Waals surface area contributed by atoms with Gasteiger partial charge in [0.15, 0.2) is 0 Å². The van der Waals surface area contributed by atoms with Gasteiger partial charge in [0.25, 0.3) is 15.8 Å². The lowest BCUT2D eigenvalue weighted by Gasteiger charge is -2.03. The summed E-state index contributed by atoms with van der Waals surface area (Å²) in [6.07, 6.45) is 0. The molecule has 0 N–H and O–H groups in total. The molecule has 0 aliphatic rings. The van der Waals surface area contributed by atoms with Crippen molar-refractivity contribution >= 4 is 27.3 Å². The summed E-state index contributed by atoms with van der Waals surface area (Å²) in [6.45, 7) is 1.71. The molecule has 10 heteroatoms. The van der Waals surface area contributed by atoms with E-state index in [9.17, 15) is 8.42 Å². The Labute approximate surface area is 142 Å². The Morgan fingerprint density at radius 2 is 1.92 bits per heavy atom. The van der Waals surface area contributed by atoms with Crippen molar-refractivity contribution in [2.24, 2.45) is 4.40 Å². The topological polar surface area (TPSA) is 95.2 Å². The summed E-state index contributed by atoms with van der Waals surface area (Å²) in [4.78, 5) is 8.48. The van der Waals surface area contributed by atoms with Crippen LogP contribution in [0.25, 0.3) is 5.78 Å². The molecule has 0 aliphatic carbocycles. The van der Waals surface area contributed by atoms with E-state index in [-0.39, 0.29) is 15.5 Å². The van der Waals surface area contributed by atoms with Crippen molar-refractivity contribution in [2.45, 2.75) is 11.8 Å². The molecule has 126 valence electrons. The van der Waals surface area contributed by atoms with Crippen LogP contribution in [0, 0.1) is 6.92 Å². The molecule has 0 unspecified atom stereocenters. The standard InChI is InChI=1S/C14H14N4O4S2/c1-9-6-4-5-7-10(9)24(19,20)17-14-16-13-15-11(21-2)8-12(22-3)18(13)23-14/h4-8H,1-3H3/b17-14-. The summed E-state index contributed by atoms with van der Waals surface area (Å²) in [5.41, 5.74) is 0.618. The van der Waals surface area contributed by atoms with Crippen LogP contribution < -0.4 is 14.3 Å². The van der Waals surface area contributed by atoms with E-state index in [0.717, 1.165) is 11.5 Å². The van der Waals surface area contributed by atoms with Crippen LogP contribution in [0.1, 0.15) is 5.56 Å². The summed E-state index contributed by atoms with van der Waals surface area (Å²) in [5, 5.41) is 0. The number of aryl methyl sites for hydroxylation is 1. The van der Waals surface area contributed by atoms with Crippen LogP contribution in [-0.4, -0.2) is 36.4 Å². The zero-order valence-corrected chi connectivity index (χ0v) is 14.8. The molecule has 0 saturated carbocycles. The maximum atomic E-state index is 12.5. The van der Waals surface area contributed by atoms with Crippen LogP contribution in [0.15, 0.2) is 39.6 Å². The van der Waals surface area contributed by atoms with Gasteiger partial charge in [0.2, 0.25) is 16.6 Å². The van der Waals surface area contributed by atoms with Crippen LogP contribution in [0.5, 0.6) is 11.8 Å². The summed E-state index contributed by atoms with van der Waals surface area (Å²) in [5.74, 6) is 0.976. The first-order chi connectivity index (χ1) is 11.4. The molecule has 24 heavy (non-hydrogen) atoms. The predicted octanol–water partition coefficient (Wildman–Crippen LogP) is 1.41. The molecule has 2 aromatic heterocycles. The highest BCUT2D eigenvalue weighted by molar-refractivity contribution is 7.90. The van der Waals surface area contributed by atoms with Crippen LogP contribution >= 0.6 is 11.5 Å². The van der Waals surface area contributed by atoms with Crippen molar-refractivity contribution in [3.63, 3.8) is 0 Å². The molecule has 8 nitrogen and oxygen atoms in total. The first kappa shape index (κ1) is 16.4. The molecule has 0 amide bonds. The highest BCUT2D eigenvalue weighted by atomic mass is 32.2. The second-order valence-corrected chi connectivity index (χ2v) is 7.24. The summed E-state index contributed by atoms with van der Waals surface area (Å²) >= 11 is 1.01. The highest BCUT2D eigenvalue weighted by Gasteiger charge is 2.16. The second kappa shape index (κ2) is 6.21. The summed E-state index contributed by atoms with van der Waals surface area (Å²) in [6, 6.07) is 8.22. The molecule has 0 atom stereocenters. The van der Waals surface area contributed by atoms with E-state index in [1.807, 2.05) is 0 Å². The Morgan fingerprint density at radius 3 is 2.58 bits per heavy atom. The van der Waals surface area contributed by atoms with Crippen LogP contribution in [-0.2, 0) is 10.0 Å². The molecule has 3 rings (SSSR count). The van der Waals surface area contributed by atoms with Crippen molar-refractivity contribution < 1.29 is 17.9 Å². The summed E-state index contributed by atoms with van der Waals surface area (Å²) < 4.78 is 40.6. The minimum absolute atomic E-state index is 0.0531. The van der Waals surface area contributed by atoms with Crippen LogP contribution in [0.4, 0.5) is 0 Å². The number of ether oxygens (including phenoxy) is 2. The van der Waals surface area contributed by atoms with Crippen LogP contribution in [0.3, 0.4) is 0 Å². The van der Waals surface area contributed by atoms with Gasteiger partial charge in [0.1, 0.15) is 0 Å². The quantitative estimate of drug-likeness (QED) is 0.693. The normalized spacial score (nSPS) is 12.5. The molecular formula is C14H14N4O4S2. The lowest BCUT2D eigenvalue weighted by molar-refractivity contribution is 0.372. The molecule has 1 aromatic carbocycles. The molecule has 0 radical (unpaired) electrons. The first-order valence-corrected chi connectivity index (χ1v) is 9.01. The molecular weight excluding hydrogens is 352 g/mol. The zero-order valence-electron chi connectivity index (χ0n) is 13.1. The Bertz CT molecular complexity index is 1070. The van der Waals surface area contributed by atoms with Crippen LogP contribution in [0.2, 0.25) is 0 Å². The second-order valence-electron chi connectivity index (χ2n) is 4.75. The van der Waals surface area contributed by atoms with E-state index in [4.69, 9.17) is 9.47 Å². The average molecular weight is 366 g/mol. The Hall–Kier alpha value is -2.46. The van der Waals surface area contributed by atoms with Gasteiger partial charge in [0, 0.05) is 0 Å². The van der Waals surface area contributed by atoms with Crippen molar-refractivity contribution in [2.75, 3.05) is 14.2 Å². The van der Waals surface area contributed by atoms with Gasteiger partial charge in [-0.15, -0.1) is 4.40 Å². The third-order valence-electron chi connectivity index (χ3n) is 3.20. The van der Waals surface area contributed by atoms with Gasteiger partial charge in [-0.05, 0) is 30.1 Å². The fourth-order valence-corrected chi connectivity index (χ4v) is 4.23. The lowest BCUT2D eigenvalue weighted by atomic mass is 10.2. The Kier molecular flexibility index (Phi) is 4.24. The minimum Gasteiger partial charge on any atom is -0.481 e. The number of hydrogen-bond acceptors (Lipinski definition) is 7. The van der Waals surface area contributed by atoms with E-state index in [2.05, 4.69) is 14.4 Å². The third kappa shape index (κ3) is 2.97. The largest absolute Gasteiger partial charge is 0.481 e. The molecule has 3 aromatic rings. The zero-order chi connectivity index (χ0) is 17.3. The van der Waals surface area contributed by atoms with Crippen molar-refractivity contribution in [3.8, 4) is 11.8 Å². The fraction of sp³-hybridized carbons (Fsp3) is 0.214. The smallest absolute Gasteiger partial charge is 0.285 e. The number of sulfonamides is 1. The highest BCUT2D eigenvalue weighted by Crippen LogP contribution is 2.20. The van der Waals surface area contributed by atoms with Gasteiger partial charge in [0.05, 0.1) is 25.2 Å². The average Bonchev–Trinajstić information content (AvgIpc) is 2.95. The van der Waals surface area contributed by atoms with Gasteiger partial charge < -0.3 is 9.47 Å². The first-order valence-electron chi connectivity index (χ1n) is 6.80. The van der Waals surface area contributed by atoms with E-state index in [0.29, 0.717) is 17.3 Å². The van der Waals surface area contributed by atoms with E-state index >= 15 is 0 Å². The van der Waals surface area contributed by atoms with Gasteiger partial charge in [-0.3, -0.25) is 0 Å². The number of nitrogens with zero attached hydrogens (tertiary/aromatic N) is 4. The van der Waals surface area contributed by atoms with E-state index < -0.39 is 10.0 Å². The molecule has 0 fully saturated rings. The molecule has 0 aliphatic heterocycles. The Balaban J connectivity index is 2.19. The lowest BCUT2D eigenvalue weighted by Crippen LogP contribution is -2.07. The van der Waals surface area contributed by atoms with E-state index in [1.165, 1.54) is 24.1 Å². The van der Waals surface area contributed by atoms with Crippen molar-refractivity contribution in [1.29, 1.82) is 0 Å². The van der Waals surface area contributed by atoms with Gasteiger partial charge in [-0.25, -0.2) is 0 Å². The number of hydrogen-bond donors (Lipinski definition) is 0. The molecule has 0 saturated heterocycles. The van der Waals surface area contributed by atoms with Crippen molar-refractivity contribution in [3.05, 3.63) is 40.7 Å². The summed E-state index contributed by atoms with van der Waals surface area (Å²) in [7, 11) is -0.908. The number of rotatable bonds is 4. The SMILES string of the molecule is COc1cc(OC)n2s/c(=N\S(=O)(=O)c3ccccc3C)nc2n1. The molecule has 2 heterocycles.